The van der Waals surface area contributed by atoms with Crippen LogP contribution in [-0.2, 0) is 11.2 Å². The van der Waals surface area contributed by atoms with Crippen molar-refractivity contribution in [1.82, 2.24) is 4.90 Å². The Balaban J connectivity index is 1.78. The first-order chi connectivity index (χ1) is 13.8. The first-order valence-electron chi connectivity index (χ1n) is 10.2. The number of carboxylic acids is 1. The summed E-state index contributed by atoms with van der Waals surface area (Å²) in [5.74, 6) is -1.19. The van der Waals surface area contributed by atoms with E-state index < -0.39 is 17.5 Å². The van der Waals surface area contributed by atoms with Crippen LogP contribution in [0.2, 0.25) is 0 Å². The molecule has 0 aliphatic carbocycles. The fourth-order valence-corrected chi connectivity index (χ4v) is 4.22. The molecule has 3 rings (SSSR count). The van der Waals surface area contributed by atoms with Crippen LogP contribution in [-0.4, -0.2) is 46.2 Å². The third-order valence-electron chi connectivity index (χ3n) is 6.26. The highest BCUT2D eigenvalue weighted by atomic mass is 16.4. The van der Waals surface area contributed by atoms with Crippen molar-refractivity contribution in [2.45, 2.75) is 45.6 Å². The summed E-state index contributed by atoms with van der Waals surface area (Å²) in [5, 5.41) is 20.7. The molecule has 1 fully saturated rings. The molecule has 2 aromatic rings. The predicted molar refractivity (Wildman–Crippen MR) is 112 cm³/mol. The highest BCUT2D eigenvalue weighted by molar-refractivity contribution is 5.96. The molecule has 0 aromatic heterocycles. The number of likely N-dealkylation sites (tertiary alicyclic amines) is 1. The van der Waals surface area contributed by atoms with Crippen molar-refractivity contribution in [3.8, 4) is 0 Å². The van der Waals surface area contributed by atoms with Gasteiger partial charge in [0.05, 0.1) is 6.10 Å². The number of amides is 1. The van der Waals surface area contributed by atoms with Gasteiger partial charge >= 0.3 is 5.97 Å². The first-order valence-corrected chi connectivity index (χ1v) is 10.2. The van der Waals surface area contributed by atoms with Gasteiger partial charge in [0.15, 0.2) is 0 Å². The molecule has 1 aliphatic rings. The number of rotatable bonds is 6. The van der Waals surface area contributed by atoms with Gasteiger partial charge < -0.3 is 15.1 Å². The Morgan fingerprint density at radius 1 is 1.10 bits per heavy atom. The van der Waals surface area contributed by atoms with Gasteiger partial charge in [-0.3, -0.25) is 9.59 Å². The van der Waals surface area contributed by atoms with Gasteiger partial charge in [-0.15, -0.1) is 0 Å². The molecule has 1 heterocycles. The molecule has 2 atom stereocenters. The lowest BCUT2D eigenvalue weighted by atomic mass is 9.73. The van der Waals surface area contributed by atoms with Crippen molar-refractivity contribution in [1.29, 1.82) is 0 Å². The Morgan fingerprint density at radius 3 is 2.52 bits per heavy atom. The SMILES string of the molecule is Cc1cccc(C(=O)N2CC[C@H](O)[C@](CCCc3ccccc3)(C(=O)O)C2)c1C. The molecular formula is C24H29NO4. The van der Waals surface area contributed by atoms with E-state index in [4.69, 9.17) is 0 Å². The van der Waals surface area contributed by atoms with Crippen LogP contribution >= 0.6 is 0 Å². The Morgan fingerprint density at radius 2 is 1.83 bits per heavy atom. The lowest BCUT2D eigenvalue weighted by Crippen LogP contribution is -2.57. The van der Waals surface area contributed by atoms with E-state index in [1.165, 1.54) is 0 Å². The van der Waals surface area contributed by atoms with Gasteiger partial charge in [-0.25, -0.2) is 0 Å². The number of carboxylic acid groups (broad SMARTS) is 1. The summed E-state index contributed by atoms with van der Waals surface area (Å²) in [5.41, 5.74) is 2.35. The number of aliphatic hydroxyl groups excluding tert-OH is 1. The van der Waals surface area contributed by atoms with E-state index in [1.807, 2.05) is 56.3 Å². The number of hydrogen-bond acceptors (Lipinski definition) is 3. The van der Waals surface area contributed by atoms with Crippen LogP contribution in [0.4, 0.5) is 0 Å². The van der Waals surface area contributed by atoms with E-state index >= 15 is 0 Å². The molecule has 29 heavy (non-hydrogen) atoms. The normalized spacial score (nSPS) is 21.8. The largest absolute Gasteiger partial charge is 0.481 e. The highest BCUT2D eigenvalue weighted by Crippen LogP contribution is 2.37. The lowest BCUT2D eigenvalue weighted by Gasteiger charge is -2.43. The van der Waals surface area contributed by atoms with E-state index in [-0.39, 0.29) is 18.9 Å². The minimum absolute atomic E-state index is 0.0322. The maximum atomic E-state index is 13.1. The van der Waals surface area contributed by atoms with Gasteiger partial charge in [0.1, 0.15) is 5.41 Å². The average Bonchev–Trinajstić information content (AvgIpc) is 2.71. The molecule has 0 radical (unpaired) electrons. The molecule has 1 amide bonds. The highest BCUT2D eigenvalue weighted by Gasteiger charge is 2.49. The second-order valence-corrected chi connectivity index (χ2v) is 8.08. The molecule has 2 aromatic carbocycles. The molecule has 0 unspecified atom stereocenters. The topological polar surface area (TPSA) is 77.8 Å². The second-order valence-electron chi connectivity index (χ2n) is 8.08. The summed E-state index contributed by atoms with van der Waals surface area (Å²) in [6.45, 7) is 4.26. The molecule has 0 spiro atoms. The zero-order valence-electron chi connectivity index (χ0n) is 17.1. The summed E-state index contributed by atoms with van der Waals surface area (Å²) in [6.07, 6.45) is 1.02. The van der Waals surface area contributed by atoms with Crippen LogP contribution in [0.15, 0.2) is 48.5 Å². The maximum Gasteiger partial charge on any atom is 0.314 e. The van der Waals surface area contributed by atoms with Crippen LogP contribution in [0.1, 0.15) is 46.3 Å². The number of piperidine rings is 1. The van der Waals surface area contributed by atoms with Crippen molar-refractivity contribution in [3.63, 3.8) is 0 Å². The van der Waals surface area contributed by atoms with Crippen LogP contribution in [0, 0.1) is 19.3 Å². The number of carbonyl (C=O) groups is 2. The van der Waals surface area contributed by atoms with Gasteiger partial charge in [-0.1, -0.05) is 42.5 Å². The summed E-state index contributed by atoms with van der Waals surface area (Å²) >= 11 is 0. The molecule has 154 valence electrons. The molecule has 0 bridgehead atoms. The van der Waals surface area contributed by atoms with Crippen LogP contribution in [0.5, 0.6) is 0 Å². The number of benzene rings is 2. The monoisotopic (exact) mass is 395 g/mol. The Labute approximate surface area is 172 Å². The lowest BCUT2D eigenvalue weighted by molar-refractivity contribution is -0.162. The Hall–Kier alpha value is -2.66. The maximum absolute atomic E-state index is 13.1. The molecule has 0 saturated carbocycles. The van der Waals surface area contributed by atoms with Gasteiger partial charge in [0.25, 0.3) is 5.91 Å². The van der Waals surface area contributed by atoms with Crippen LogP contribution < -0.4 is 0 Å². The zero-order valence-corrected chi connectivity index (χ0v) is 17.1. The minimum Gasteiger partial charge on any atom is -0.481 e. The van der Waals surface area contributed by atoms with E-state index in [0.717, 1.165) is 23.1 Å². The molecule has 5 nitrogen and oxygen atoms in total. The van der Waals surface area contributed by atoms with E-state index in [9.17, 15) is 19.8 Å². The fourth-order valence-electron chi connectivity index (χ4n) is 4.22. The van der Waals surface area contributed by atoms with Crippen molar-refractivity contribution >= 4 is 11.9 Å². The van der Waals surface area contributed by atoms with Gasteiger partial charge in [-0.05, 0) is 62.3 Å². The number of aryl methyl sites for hydroxylation is 2. The Bertz CT molecular complexity index is 880. The van der Waals surface area contributed by atoms with Crippen molar-refractivity contribution in [2.24, 2.45) is 5.41 Å². The average molecular weight is 395 g/mol. The number of aliphatic hydroxyl groups is 1. The van der Waals surface area contributed by atoms with Crippen molar-refractivity contribution in [3.05, 3.63) is 70.8 Å². The van der Waals surface area contributed by atoms with Gasteiger partial charge in [-0.2, -0.15) is 0 Å². The standard InChI is InChI=1S/C24H29NO4/c1-17-8-6-12-20(18(17)2)22(27)25-15-13-21(26)24(16-25,23(28)29)14-7-11-19-9-4-3-5-10-19/h3-6,8-10,12,21,26H,7,11,13-16H2,1-2H3,(H,28,29)/t21-,24+/m0/s1. The third kappa shape index (κ3) is 4.35. The summed E-state index contributed by atoms with van der Waals surface area (Å²) in [6, 6.07) is 15.5. The van der Waals surface area contributed by atoms with Crippen LogP contribution in [0.3, 0.4) is 0 Å². The smallest absolute Gasteiger partial charge is 0.314 e. The van der Waals surface area contributed by atoms with Gasteiger partial charge in [0, 0.05) is 18.7 Å². The van der Waals surface area contributed by atoms with Crippen molar-refractivity contribution < 1.29 is 19.8 Å². The van der Waals surface area contributed by atoms with Crippen LogP contribution in [0.25, 0.3) is 0 Å². The number of nitrogens with zero attached hydrogens (tertiary/aromatic N) is 1. The fraction of sp³-hybridized carbons (Fsp3) is 0.417. The van der Waals surface area contributed by atoms with E-state index in [1.54, 1.807) is 11.0 Å². The van der Waals surface area contributed by atoms with Gasteiger partial charge in [0.2, 0.25) is 0 Å². The Kier molecular flexibility index (Phi) is 6.38. The zero-order chi connectivity index (χ0) is 21.0. The number of hydrogen-bond donors (Lipinski definition) is 2. The first kappa shape index (κ1) is 21.1. The molecule has 2 N–H and O–H groups in total. The quantitative estimate of drug-likeness (QED) is 0.783. The third-order valence-corrected chi connectivity index (χ3v) is 6.26. The summed E-state index contributed by atoms with van der Waals surface area (Å²) in [7, 11) is 0. The number of aliphatic carboxylic acids is 1. The summed E-state index contributed by atoms with van der Waals surface area (Å²) < 4.78 is 0. The van der Waals surface area contributed by atoms with E-state index in [0.29, 0.717) is 24.9 Å². The minimum atomic E-state index is -1.33. The second kappa shape index (κ2) is 8.78. The number of carbonyl (C=O) groups excluding carboxylic acids is 1. The van der Waals surface area contributed by atoms with Crippen molar-refractivity contribution in [2.75, 3.05) is 13.1 Å². The van der Waals surface area contributed by atoms with E-state index in [2.05, 4.69) is 0 Å². The molecule has 1 aliphatic heterocycles. The summed E-state index contributed by atoms with van der Waals surface area (Å²) in [4.78, 5) is 27.0. The predicted octanol–water partition coefficient (Wildman–Crippen LogP) is 3.60. The molecule has 1 saturated heterocycles. The molecule has 5 heteroatoms. The molecular weight excluding hydrogens is 366 g/mol.